The lowest BCUT2D eigenvalue weighted by Crippen LogP contribution is -2.34. The van der Waals surface area contributed by atoms with Gasteiger partial charge in [0.2, 0.25) is 0 Å². The third-order valence-corrected chi connectivity index (χ3v) is 5.46. The van der Waals surface area contributed by atoms with E-state index < -0.39 is 0 Å². The third-order valence-electron chi connectivity index (χ3n) is 4.38. The van der Waals surface area contributed by atoms with E-state index in [0.717, 1.165) is 11.2 Å². The van der Waals surface area contributed by atoms with Crippen molar-refractivity contribution >= 4 is 15.9 Å². The summed E-state index contributed by atoms with van der Waals surface area (Å²) in [6.45, 7) is 4.70. The van der Waals surface area contributed by atoms with Gasteiger partial charge in [0, 0.05) is 10.7 Å². The van der Waals surface area contributed by atoms with Crippen LogP contribution in [0, 0.1) is 5.92 Å². The van der Waals surface area contributed by atoms with E-state index in [4.69, 9.17) is 0 Å². The van der Waals surface area contributed by atoms with Crippen molar-refractivity contribution in [2.75, 3.05) is 5.33 Å². The zero-order valence-corrected chi connectivity index (χ0v) is 12.6. The predicted octanol–water partition coefficient (Wildman–Crippen LogP) is 5.09. The van der Waals surface area contributed by atoms with Crippen molar-refractivity contribution in [2.24, 2.45) is 5.92 Å². The Morgan fingerprint density at radius 3 is 2.82 bits per heavy atom. The first-order chi connectivity index (χ1) is 8.22. The maximum absolute atomic E-state index is 3.80. The summed E-state index contributed by atoms with van der Waals surface area (Å²) in [7, 11) is 0. The normalized spacial score (nSPS) is 25.4. The molecule has 0 radical (unpaired) electrons. The summed E-state index contributed by atoms with van der Waals surface area (Å²) < 4.78 is 0. The monoisotopic (exact) mass is 294 g/mol. The molecule has 0 aliphatic heterocycles. The fourth-order valence-corrected chi connectivity index (χ4v) is 4.04. The zero-order chi connectivity index (χ0) is 12.3. The van der Waals surface area contributed by atoms with E-state index >= 15 is 0 Å². The molecule has 94 valence electrons. The maximum atomic E-state index is 3.80. The smallest absolute Gasteiger partial charge is 0.0129 e. The molecule has 0 fully saturated rings. The first-order valence-electron chi connectivity index (χ1n) is 6.86. The number of rotatable bonds is 4. The summed E-state index contributed by atoms with van der Waals surface area (Å²) in [4.78, 5) is 0. The fraction of sp³-hybridized carbons (Fsp3) is 0.625. The van der Waals surface area contributed by atoms with Crippen molar-refractivity contribution < 1.29 is 0 Å². The van der Waals surface area contributed by atoms with Gasteiger partial charge in [0.15, 0.2) is 0 Å². The lowest BCUT2D eigenvalue weighted by atomic mass is 9.67. The number of fused-ring (bicyclic) bond motifs is 1. The summed E-state index contributed by atoms with van der Waals surface area (Å²) in [5, 5.41) is 1.11. The van der Waals surface area contributed by atoms with E-state index in [-0.39, 0.29) is 0 Å². The average Bonchev–Trinajstić information content (AvgIpc) is 2.39. The van der Waals surface area contributed by atoms with Crippen LogP contribution in [0.5, 0.6) is 0 Å². The van der Waals surface area contributed by atoms with Gasteiger partial charge in [-0.15, -0.1) is 0 Å². The maximum Gasteiger partial charge on any atom is 0.0129 e. The molecule has 0 N–H and O–H groups in total. The standard InChI is InChI=1S/C16H23Br/c1-3-13(2)11-16(12-17)10-6-8-14-7-4-5-9-15(14)16/h4-5,7,9,13H,3,6,8,10-12H2,1-2H3. The van der Waals surface area contributed by atoms with Crippen molar-refractivity contribution in [3.05, 3.63) is 35.4 Å². The van der Waals surface area contributed by atoms with Crippen molar-refractivity contribution in [1.82, 2.24) is 0 Å². The largest absolute Gasteiger partial charge is 0.0918 e. The first-order valence-corrected chi connectivity index (χ1v) is 7.98. The van der Waals surface area contributed by atoms with Crippen LogP contribution < -0.4 is 0 Å². The Morgan fingerprint density at radius 2 is 2.12 bits per heavy atom. The molecule has 0 amide bonds. The van der Waals surface area contributed by atoms with E-state index in [1.165, 1.54) is 32.1 Å². The van der Waals surface area contributed by atoms with E-state index in [9.17, 15) is 0 Å². The highest BCUT2D eigenvalue weighted by molar-refractivity contribution is 9.09. The summed E-state index contributed by atoms with van der Waals surface area (Å²) in [5.74, 6) is 0.818. The summed E-state index contributed by atoms with van der Waals surface area (Å²) in [6, 6.07) is 9.07. The van der Waals surface area contributed by atoms with E-state index in [1.807, 2.05) is 0 Å². The molecule has 0 bridgehead atoms. The quantitative estimate of drug-likeness (QED) is 0.679. The average molecular weight is 295 g/mol. The molecule has 2 atom stereocenters. The lowest BCUT2D eigenvalue weighted by Gasteiger charge is -2.40. The fourth-order valence-electron chi connectivity index (χ4n) is 3.22. The van der Waals surface area contributed by atoms with E-state index in [2.05, 4.69) is 54.0 Å². The predicted molar refractivity (Wildman–Crippen MR) is 78.9 cm³/mol. The number of halogens is 1. The molecular weight excluding hydrogens is 272 g/mol. The second-order valence-corrected chi connectivity index (χ2v) is 6.20. The molecular formula is C16H23Br. The SMILES string of the molecule is CCC(C)CC1(CBr)CCCc2ccccc21. The third kappa shape index (κ3) is 2.59. The minimum Gasteiger partial charge on any atom is -0.0918 e. The van der Waals surface area contributed by atoms with Crippen LogP contribution in [-0.4, -0.2) is 5.33 Å². The molecule has 0 saturated carbocycles. The van der Waals surface area contributed by atoms with Crippen LogP contribution in [0.15, 0.2) is 24.3 Å². The molecule has 0 heterocycles. The molecule has 1 aliphatic rings. The van der Waals surface area contributed by atoms with Crippen LogP contribution in [0.1, 0.15) is 50.7 Å². The van der Waals surface area contributed by atoms with Gasteiger partial charge in [-0.05, 0) is 42.7 Å². The van der Waals surface area contributed by atoms with Crippen LogP contribution in [0.25, 0.3) is 0 Å². The Hall–Kier alpha value is -0.300. The second kappa shape index (κ2) is 5.56. The first kappa shape index (κ1) is 13.1. The second-order valence-electron chi connectivity index (χ2n) is 5.64. The topological polar surface area (TPSA) is 0 Å². The molecule has 2 unspecified atom stereocenters. The Kier molecular flexibility index (Phi) is 4.30. The molecule has 1 aromatic rings. The molecule has 0 aromatic heterocycles. The van der Waals surface area contributed by atoms with Gasteiger partial charge in [-0.25, -0.2) is 0 Å². The van der Waals surface area contributed by atoms with Gasteiger partial charge in [0.05, 0.1) is 0 Å². The van der Waals surface area contributed by atoms with Crippen LogP contribution in [0.2, 0.25) is 0 Å². The van der Waals surface area contributed by atoms with Gasteiger partial charge in [0.25, 0.3) is 0 Å². The molecule has 0 spiro atoms. The van der Waals surface area contributed by atoms with Gasteiger partial charge in [-0.3, -0.25) is 0 Å². The van der Waals surface area contributed by atoms with Crippen molar-refractivity contribution in [2.45, 2.75) is 51.4 Å². The Balaban J connectivity index is 2.35. The van der Waals surface area contributed by atoms with Crippen LogP contribution in [0.3, 0.4) is 0 Å². The molecule has 1 aliphatic carbocycles. The highest BCUT2D eigenvalue weighted by Crippen LogP contribution is 2.43. The van der Waals surface area contributed by atoms with Crippen LogP contribution in [0.4, 0.5) is 0 Å². The van der Waals surface area contributed by atoms with Gasteiger partial charge in [0.1, 0.15) is 0 Å². The van der Waals surface area contributed by atoms with Crippen molar-refractivity contribution in [3.63, 3.8) is 0 Å². The number of hydrogen-bond donors (Lipinski definition) is 0. The van der Waals surface area contributed by atoms with Crippen molar-refractivity contribution in [1.29, 1.82) is 0 Å². The highest BCUT2D eigenvalue weighted by atomic mass is 79.9. The minimum atomic E-state index is 0.393. The number of hydrogen-bond acceptors (Lipinski definition) is 0. The van der Waals surface area contributed by atoms with Crippen molar-refractivity contribution in [3.8, 4) is 0 Å². The summed E-state index contributed by atoms with van der Waals surface area (Å²) >= 11 is 3.80. The van der Waals surface area contributed by atoms with Crippen LogP contribution in [-0.2, 0) is 11.8 Å². The molecule has 1 heteroatoms. The Labute approximate surface area is 114 Å². The van der Waals surface area contributed by atoms with Gasteiger partial charge >= 0.3 is 0 Å². The van der Waals surface area contributed by atoms with Gasteiger partial charge in [-0.2, -0.15) is 0 Å². The summed E-state index contributed by atoms with van der Waals surface area (Å²) in [6.07, 6.45) is 6.58. The number of benzene rings is 1. The molecule has 2 rings (SSSR count). The number of alkyl halides is 1. The molecule has 17 heavy (non-hydrogen) atoms. The van der Waals surface area contributed by atoms with Gasteiger partial charge < -0.3 is 0 Å². The van der Waals surface area contributed by atoms with E-state index in [1.54, 1.807) is 11.1 Å². The molecule has 0 saturated heterocycles. The number of aryl methyl sites for hydroxylation is 1. The molecule has 0 nitrogen and oxygen atoms in total. The lowest BCUT2D eigenvalue weighted by molar-refractivity contribution is 0.313. The summed E-state index contributed by atoms with van der Waals surface area (Å²) in [5.41, 5.74) is 3.59. The Morgan fingerprint density at radius 1 is 1.35 bits per heavy atom. The minimum absolute atomic E-state index is 0.393. The zero-order valence-electron chi connectivity index (χ0n) is 11.0. The van der Waals surface area contributed by atoms with E-state index in [0.29, 0.717) is 5.41 Å². The van der Waals surface area contributed by atoms with Gasteiger partial charge in [-0.1, -0.05) is 60.5 Å². The Bertz CT molecular complexity index is 372. The highest BCUT2D eigenvalue weighted by Gasteiger charge is 2.36. The van der Waals surface area contributed by atoms with Crippen LogP contribution >= 0.6 is 15.9 Å². The molecule has 1 aromatic carbocycles.